The fourth-order valence-corrected chi connectivity index (χ4v) is 4.48. The Labute approximate surface area is 198 Å². The first kappa shape index (κ1) is 21.9. The monoisotopic (exact) mass is 452 g/mol. The van der Waals surface area contributed by atoms with Crippen LogP contribution in [0.1, 0.15) is 59.2 Å². The number of hydrogen-bond donors (Lipinski definition) is 3. The molecule has 0 radical (unpaired) electrons. The summed E-state index contributed by atoms with van der Waals surface area (Å²) in [5, 5.41) is 6.09. The molecular formula is C28H28N4O2. The first-order chi connectivity index (χ1) is 16.7. The van der Waals surface area contributed by atoms with Crippen LogP contribution in [0.4, 0.5) is 5.69 Å². The molecule has 0 saturated heterocycles. The summed E-state index contributed by atoms with van der Waals surface area (Å²) in [6.45, 7) is 0. The van der Waals surface area contributed by atoms with Crippen LogP contribution in [0.3, 0.4) is 0 Å². The normalized spacial score (nSPS) is 14.5. The van der Waals surface area contributed by atoms with Crippen LogP contribution in [-0.4, -0.2) is 27.8 Å². The topological polar surface area (TPSA) is 86.9 Å². The summed E-state index contributed by atoms with van der Waals surface area (Å²) in [4.78, 5) is 33.3. The Bertz CT molecular complexity index is 1290. The molecule has 3 aromatic carbocycles. The Morgan fingerprint density at radius 1 is 0.794 bits per heavy atom. The van der Waals surface area contributed by atoms with Crippen LogP contribution in [0.15, 0.2) is 72.8 Å². The van der Waals surface area contributed by atoms with Crippen molar-refractivity contribution in [3.8, 4) is 11.4 Å². The highest BCUT2D eigenvalue weighted by molar-refractivity contribution is 6.04. The molecule has 4 aromatic rings. The molecule has 5 rings (SSSR count). The number of aromatic nitrogens is 2. The van der Waals surface area contributed by atoms with Crippen LogP contribution in [0, 0.1) is 0 Å². The van der Waals surface area contributed by atoms with Gasteiger partial charge in [0.15, 0.2) is 0 Å². The third kappa shape index (κ3) is 5.01. The highest BCUT2D eigenvalue weighted by Crippen LogP contribution is 2.23. The molecule has 1 aliphatic rings. The highest BCUT2D eigenvalue weighted by atomic mass is 16.2. The number of benzene rings is 3. The van der Waals surface area contributed by atoms with Gasteiger partial charge in [0.05, 0.1) is 11.0 Å². The molecule has 2 amide bonds. The average Bonchev–Trinajstić information content (AvgIpc) is 3.13. The number of nitrogens with zero attached hydrogens (tertiary/aromatic N) is 1. The zero-order chi connectivity index (χ0) is 23.3. The van der Waals surface area contributed by atoms with Gasteiger partial charge in [-0.2, -0.15) is 0 Å². The number of carbonyl (C=O) groups excluding carboxylic acids is 2. The second-order valence-electron chi connectivity index (χ2n) is 8.88. The number of nitrogens with one attached hydrogen (secondary N) is 3. The summed E-state index contributed by atoms with van der Waals surface area (Å²) in [5.74, 6) is 0.511. The molecule has 0 spiro atoms. The SMILES string of the molecule is O=C(Nc1ccccc1)c1ccc(-c2nc3ccc(C(=O)NC4CCCCCC4)cc3[nH]2)cc1. The number of anilines is 1. The van der Waals surface area contributed by atoms with Gasteiger partial charge >= 0.3 is 0 Å². The van der Waals surface area contributed by atoms with Crippen molar-refractivity contribution < 1.29 is 9.59 Å². The van der Waals surface area contributed by atoms with Crippen molar-refractivity contribution in [3.63, 3.8) is 0 Å². The van der Waals surface area contributed by atoms with Crippen LogP contribution in [-0.2, 0) is 0 Å². The van der Waals surface area contributed by atoms with E-state index in [1.165, 1.54) is 25.7 Å². The Morgan fingerprint density at radius 3 is 2.24 bits per heavy atom. The minimum absolute atomic E-state index is 0.0290. The molecule has 6 nitrogen and oxygen atoms in total. The Balaban J connectivity index is 1.29. The largest absolute Gasteiger partial charge is 0.349 e. The number of hydrogen-bond acceptors (Lipinski definition) is 3. The molecule has 3 N–H and O–H groups in total. The first-order valence-corrected chi connectivity index (χ1v) is 11.9. The molecule has 0 bridgehead atoms. The molecule has 1 aromatic heterocycles. The second kappa shape index (κ2) is 9.91. The summed E-state index contributed by atoms with van der Waals surface area (Å²) < 4.78 is 0. The summed E-state index contributed by atoms with van der Waals surface area (Å²) in [6, 6.07) is 22.5. The lowest BCUT2D eigenvalue weighted by Gasteiger charge is -2.16. The number of rotatable bonds is 5. The van der Waals surface area contributed by atoms with E-state index >= 15 is 0 Å². The quantitative estimate of drug-likeness (QED) is 0.328. The van der Waals surface area contributed by atoms with E-state index in [0.29, 0.717) is 17.0 Å². The summed E-state index contributed by atoms with van der Waals surface area (Å²) in [6.07, 6.45) is 6.99. The second-order valence-corrected chi connectivity index (χ2v) is 8.88. The van der Waals surface area contributed by atoms with Gasteiger partial charge in [0.2, 0.25) is 0 Å². The lowest BCUT2D eigenvalue weighted by Crippen LogP contribution is -2.34. The van der Waals surface area contributed by atoms with Crippen molar-refractivity contribution in [1.29, 1.82) is 0 Å². The van der Waals surface area contributed by atoms with Crippen LogP contribution >= 0.6 is 0 Å². The van der Waals surface area contributed by atoms with Crippen LogP contribution in [0.5, 0.6) is 0 Å². The summed E-state index contributed by atoms with van der Waals surface area (Å²) >= 11 is 0. The number of imidazole rings is 1. The standard InChI is InChI=1S/C28H28N4O2/c33-27(29-22-10-6-3-7-11-22)20-14-12-19(13-15-20)26-31-24-17-16-21(18-25(24)32-26)28(34)30-23-8-4-1-2-5-9-23/h3,6-7,10-18,23H,1-2,4-5,8-9H2,(H,29,33)(H,30,34)(H,31,32). The average molecular weight is 453 g/mol. The number of carbonyl (C=O) groups is 2. The van der Waals surface area contributed by atoms with Gasteiger partial charge in [0, 0.05) is 28.4 Å². The number of amides is 2. The van der Waals surface area contributed by atoms with Crippen molar-refractivity contribution in [2.24, 2.45) is 0 Å². The molecular weight excluding hydrogens is 424 g/mol. The molecule has 1 saturated carbocycles. The predicted octanol–water partition coefficient (Wildman–Crippen LogP) is 5.93. The molecule has 34 heavy (non-hydrogen) atoms. The predicted molar refractivity (Wildman–Crippen MR) is 135 cm³/mol. The number of H-pyrrole nitrogens is 1. The molecule has 0 atom stereocenters. The minimum Gasteiger partial charge on any atom is -0.349 e. The molecule has 0 unspecified atom stereocenters. The fraction of sp³-hybridized carbons (Fsp3) is 0.250. The third-order valence-corrected chi connectivity index (χ3v) is 6.39. The van der Waals surface area contributed by atoms with Gasteiger partial charge in [0.25, 0.3) is 11.8 Å². The first-order valence-electron chi connectivity index (χ1n) is 11.9. The number of aromatic amines is 1. The summed E-state index contributed by atoms with van der Waals surface area (Å²) in [5.41, 5.74) is 4.45. The maximum Gasteiger partial charge on any atom is 0.255 e. The number of fused-ring (bicyclic) bond motifs is 1. The van der Waals surface area contributed by atoms with Crippen molar-refractivity contribution in [3.05, 3.63) is 83.9 Å². The van der Waals surface area contributed by atoms with E-state index in [-0.39, 0.29) is 17.9 Å². The van der Waals surface area contributed by atoms with E-state index in [0.717, 1.165) is 35.1 Å². The van der Waals surface area contributed by atoms with Gasteiger partial charge < -0.3 is 15.6 Å². The summed E-state index contributed by atoms with van der Waals surface area (Å²) in [7, 11) is 0. The van der Waals surface area contributed by atoms with Gasteiger partial charge in [-0.25, -0.2) is 4.98 Å². The molecule has 1 heterocycles. The van der Waals surface area contributed by atoms with E-state index in [2.05, 4.69) is 20.6 Å². The van der Waals surface area contributed by atoms with E-state index < -0.39 is 0 Å². The smallest absolute Gasteiger partial charge is 0.255 e. The lowest BCUT2D eigenvalue weighted by molar-refractivity contribution is 0.0932. The van der Waals surface area contributed by atoms with Gasteiger partial charge in [-0.3, -0.25) is 9.59 Å². The van der Waals surface area contributed by atoms with Crippen molar-refractivity contribution in [1.82, 2.24) is 15.3 Å². The van der Waals surface area contributed by atoms with Gasteiger partial charge in [-0.05, 0) is 55.3 Å². The molecule has 0 aliphatic heterocycles. The van der Waals surface area contributed by atoms with Gasteiger partial charge in [-0.1, -0.05) is 56.0 Å². The maximum absolute atomic E-state index is 12.8. The zero-order valence-corrected chi connectivity index (χ0v) is 19.0. The Hall–Kier alpha value is -3.93. The van der Waals surface area contributed by atoms with Crippen molar-refractivity contribution >= 4 is 28.5 Å². The van der Waals surface area contributed by atoms with Gasteiger partial charge in [-0.15, -0.1) is 0 Å². The van der Waals surface area contributed by atoms with E-state index in [1.54, 1.807) is 12.1 Å². The molecule has 172 valence electrons. The zero-order valence-electron chi connectivity index (χ0n) is 19.0. The van der Waals surface area contributed by atoms with Crippen LogP contribution < -0.4 is 10.6 Å². The maximum atomic E-state index is 12.8. The molecule has 1 fully saturated rings. The van der Waals surface area contributed by atoms with E-state index in [4.69, 9.17) is 0 Å². The molecule has 6 heteroatoms. The van der Waals surface area contributed by atoms with Crippen molar-refractivity contribution in [2.45, 2.75) is 44.6 Å². The van der Waals surface area contributed by atoms with Crippen LogP contribution in [0.25, 0.3) is 22.4 Å². The number of para-hydroxylation sites is 1. The third-order valence-electron chi connectivity index (χ3n) is 6.39. The Morgan fingerprint density at radius 2 is 1.50 bits per heavy atom. The van der Waals surface area contributed by atoms with Crippen LogP contribution in [0.2, 0.25) is 0 Å². The van der Waals surface area contributed by atoms with Gasteiger partial charge in [0.1, 0.15) is 5.82 Å². The fourth-order valence-electron chi connectivity index (χ4n) is 4.48. The Kier molecular flexibility index (Phi) is 6.38. The molecule has 1 aliphatic carbocycles. The van der Waals surface area contributed by atoms with E-state index in [1.807, 2.05) is 60.7 Å². The van der Waals surface area contributed by atoms with E-state index in [9.17, 15) is 9.59 Å². The lowest BCUT2D eigenvalue weighted by atomic mass is 10.1. The minimum atomic E-state index is -0.160. The van der Waals surface area contributed by atoms with Crippen molar-refractivity contribution in [2.75, 3.05) is 5.32 Å². The highest BCUT2D eigenvalue weighted by Gasteiger charge is 2.17.